The van der Waals surface area contributed by atoms with Crippen LogP contribution < -0.4 is 20.4 Å². The molecule has 1 atom stereocenters. The molecule has 0 radical (unpaired) electrons. The summed E-state index contributed by atoms with van der Waals surface area (Å²) in [4.78, 5) is 40.0. The Labute approximate surface area is 163 Å². The minimum Gasteiger partial charge on any atom is -0.336 e. The smallest absolute Gasteiger partial charge is 0.321 e. The first kappa shape index (κ1) is 18.0. The van der Waals surface area contributed by atoms with Crippen LogP contribution in [0.25, 0.3) is 0 Å². The van der Waals surface area contributed by atoms with Gasteiger partial charge in [-0.05, 0) is 43.3 Å². The lowest BCUT2D eigenvalue weighted by Gasteiger charge is -2.17. The molecule has 2 aromatic carbocycles. The fourth-order valence-corrected chi connectivity index (χ4v) is 3.54. The molecule has 28 heavy (non-hydrogen) atoms. The van der Waals surface area contributed by atoms with Crippen molar-refractivity contribution >= 4 is 34.9 Å². The van der Waals surface area contributed by atoms with Gasteiger partial charge in [-0.25, -0.2) is 4.79 Å². The van der Waals surface area contributed by atoms with Gasteiger partial charge in [-0.1, -0.05) is 17.7 Å². The van der Waals surface area contributed by atoms with Crippen molar-refractivity contribution < 1.29 is 14.4 Å². The predicted molar refractivity (Wildman–Crippen MR) is 107 cm³/mol. The predicted octanol–water partition coefficient (Wildman–Crippen LogP) is 2.52. The highest BCUT2D eigenvalue weighted by molar-refractivity contribution is 6.03. The van der Waals surface area contributed by atoms with E-state index in [2.05, 4.69) is 10.6 Å². The summed E-state index contributed by atoms with van der Waals surface area (Å²) in [6.07, 6.45) is 0.200. The molecule has 1 unspecified atom stereocenters. The van der Waals surface area contributed by atoms with Gasteiger partial charge >= 0.3 is 6.03 Å². The standard InChI is InChI=1S/C21H22N4O3/c1-14-2-6-18(7-3-14)25-13-15(12-19(25)26)20(27)23-16-4-8-17(9-5-16)24-11-10-22-21(24)28/h2-9,15H,10-13H2,1H3,(H,22,28)(H,23,27). The van der Waals surface area contributed by atoms with E-state index in [1.165, 1.54) is 0 Å². The third-order valence-electron chi connectivity index (χ3n) is 5.14. The van der Waals surface area contributed by atoms with E-state index in [0.29, 0.717) is 25.3 Å². The van der Waals surface area contributed by atoms with Gasteiger partial charge in [0.05, 0.1) is 5.92 Å². The molecule has 4 rings (SSSR count). The number of rotatable bonds is 4. The highest BCUT2D eigenvalue weighted by Crippen LogP contribution is 2.27. The lowest BCUT2D eigenvalue weighted by molar-refractivity contribution is -0.122. The fraction of sp³-hybridized carbons (Fsp3) is 0.286. The van der Waals surface area contributed by atoms with Crippen molar-refractivity contribution in [2.45, 2.75) is 13.3 Å². The number of hydrogen-bond acceptors (Lipinski definition) is 3. The van der Waals surface area contributed by atoms with Gasteiger partial charge in [0.25, 0.3) is 0 Å². The van der Waals surface area contributed by atoms with Crippen molar-refractivity contribution in [3.05, 3.63) is 54.1 Å². The molecule has 144 valence electrons. The summed E-state index contributed by atoms with van der Waals surface area (Å²) < 4.78 is 0. The Bertz CT molecular complexity index is 908. The fourth-order valence-electron chi connectivity index (χ4n) is 3.54. The lowest BCUT2D eigenvalue weighted by atomic mass is 10.1. The Morgan fingerprint density at radius 2 is 1.64 bits per heavy atom. The SMILES string of the molecule is Cc1ccc(N2CC(C(=O)Nc3ccc(N4CCNC4=O)cc3)CC2=O)cc1. The molecule has 7 heteroatoms. The molecule has 0 saturated carbocycles. The van der Waals surface area contributed by atoms with Crippen LogP contribution in [-0.4, -0.2) is 37.5 Å². The molecule has 2 aromatic rings. The summed E-state index contributed by atoms with van der Waals surface area (Å²) >= 11 is 0. The van der Waals surface area contributed by atoms with Crippen LogP contribution in [0.2, 0.25) is 0 Å². The van der Waals surface area contributed by atoms with Crippen LogP contribution in [0.5, 0.6) is 0 Å². The molecule has 4 amide bonds. The van der Waals surface area contributed by atoms with E-state index < -0.39 is 5.92 Å². The summed E-state index contributed by atoms with van der Waals surface area (Å²) in [5.41, 5.74) is 3.38. The normalized spacial score (nSPS) is 19.1. The lowest BCUT2D eigenvalue weighted by Crippen LogP contribution is -2.28. The monoisotopic (exact) mass is 378 g/mol. The second-order valence-electron chi connectivity index (χ2n) is 7.16. The number of amides is 4. The van der Waals surface area contributed by atoms with Crippen molar-refractivity contribution in [2.75, 3.05) is 34.8 Å². The van der Waals surface area contributed by atoms with Crippen LogP contribution in [0, 0.1) is 12.8 Å². The third kappa shape index (κ3) is 3.55. The van der Waals surface area contributed by atoms with Crippen molar-refractivity contribution in [1.82, 2.24) is 5.32 Å². The number of hydrogen-bond donors (Lipinski definition) is 2. The zero-order valence-electron chi connectivity index (χ0n) is 15.6. The van der Waals surface area contributed by atoms with Crippen molar-refractivity contribution in [3.8, 4) is 0 Å². The van der Waals surface area contributed by atoms with E-state index in [-0.39, 0.29) is 24.3 Å². The number of nitrogens with zero attached hydrogens (tertiary/aromatic N) is 2. The number of benzene rings is 2. The highest BCUT2D eigenvalue weighted by atomic mass is 16.2. The van der Waals surface area contributed by atoms with Crippen LogP contribution in [0.3, 0.4) is 0 Å². The maximum atomic E-state index is 12.6. The minimum absolute atomic E-state index is 0.0422. The summed E-state index contributed by atoms with van der Waals surface area (Å²) in [5, 5.41) is 5.64. The minimum atomic E-state index is -0.391. The number of aryl methyl sites for hydroxylation is 1. The molecule has 2 N–H and O–H groups in total. The van der Waals surface area contributed by atoms with Crippen LogP contribution >= 0.6 is 0 Å². The largest absolute Gasteiger partial charge is 0.336 e. The van der Waals surface area contributed by atoms with E-state index in [0.717, 1.165) is 16.9 Å². The molecule has 0 spiro atoms. The Morgan fingerprint density at radius 3 is 2.29 bits per heavy atom. The van der Waals surface area contributed by atoms with Gasteiger partial charge in [0.1, 0.15) is 0 Å². The second-order valence-corrected chi connectivity index (χ2v) is 7.16. The van der Waals surface area contributed by atoms with Gasteiger partial charge in [-0.3, -0.25) is 14.5 Å². The highest BCUT2D eigenvalue weighted by Gasteiger charge is 2.35. The first-order valence-electron chi connectivity index (χ1n) is 9.34. The molecule has 2 fully saturated rings. The molecule has 7 nitrogen and oxygen atoms in total. The molecule has 0 bridgehead atoms. The van der Waals surface area contributed by atoms with Crippen molar-refractivity contribution in [1.29, 1.82) is 0 Å². The van der Waals surface area contributed by atoms with E-state index in [1.807, 2.05) is 31.2 Å². The van der Waals surface area contributed by atoms with E-state index in [9.17, 15) is 14.4 Å². The number of urea groups is 1. The number of nitrogens with one attached hydrogen (secondary N) is 2. The summed E-state index contributed by atoms with van der Waals surface area (Å²) in [7, 11) is 0. The van der Waals surface area contributed by atoms with Crippen molar-refractivity contribution in [2.24, 2.45) is 5.92 Å². The Hall–Kier alpha value is -3.35. The zero-order valence-corrected chi connectivity index (χ0v) is 15.6. The first-order valence-corrected chi connectivity index (χ1v) is 9.34. The molecule has 2 aliphatic heterocycles. The molecule has 0 aliphatic carbocycles. The van der Waals surface area contributed by atoms with Gasteiger partial charge in [0.15, 0.2) is 0 Å². The number of anilines is 3. The topological polar surface area (TPSA) is 81.8 Å². The third-order valence-corrected chi connectivity index (χ3v) is 5.14. The van der Waals surface area contributed by atoms with E-state index >= 15 is 0 Å². The molecule has 2 heterocycles. The number of carbonyl (C=O) groups is 3. The van der Waals surface area contributed by atoms with Gasteiger partial charge < -0.3 is 15.5 Å². The molecule has 0 aromatic heterocycles. The van der Waals surface area contributed by atoms with Gasteiger partial charge in [0, 0.05) is 43.1 Å². The molecule has 2 aliphatic rings. The maximum absolute atomic E-state index is 12.6. The molecule has 2 saturated heterocycles. The van der Waals surface area contributed by atoms with Crippen LogP contribution in [0.4, 0.5) is 21.9 Å². The average Bonchev–Trinajstić information content (AvgIpc) is 3.29. The van der Waals surface area contributed by atoms with Crippen LogP contribution in [-0.2, 0) is 9.59 Å². The average molecular weight is 378 g/mol. The summed E-state index contributed by atoms with van der Waals surface area (Å²) in [6.45, 7) is 3.63. The first-order chi connectivity index (χ1) is 13.5. The Balaban J connectivity index is 1.39. The van der Waals surface area contributed by atoms with Gasteiger partial charge in [0.2, 0.25) is 11.8 Å². The second kappa shape index (κ2) is 7.34. The molecular formula is C21H22N4O3. The Kier molecular flexibility index (Phi) is 4.73. The Morgan fingerprint density at radius 1 is 1.00 bits per heavy atom. The number of carbonyl (C=O) groups excluding carboxylic acids is 3. The van der Waals surface area contributed by atoms with Crippen LogP contribution in [0.15, 0.2) is 48.5 Å². The zero-order chi connectivity index (χ0) is 19.7. The van der Waals surface area contributed by atoms with Gasteiger partial charge in [-0.2, -0.15) is 0 Å². The summed E-state index contributed by atoms with van der Waals surface area (Å²) in [5.74, 6) is -0.605. The summed E-state index contributed by atoms with van der Waals surface area (Å²) in [6, 6.07) is 14.8. The van der Waals surface area contributed by atoms with E-state index in [1.54, 1.807) is 34.1 Å². The van der Waals surface area contributed by atoms with Crippen molar-refractivity contribution in [3.63, 3.8) is 0 Å². The quantitative estimate of drug-likeness (QED) is 0.858. The van der Waals surface area contributed by atoms with Gasteiger partial charge in [-0.15, -0.1) is 0 Å². The van der Waals surface area contributed by atoms with Crippen LogP contribution in [0.1, 0.15) is 12.0 Å². The van der Waals surface area contributed by atoms with E-state index in [4.69, 9.17) is 0 Å². The maximum Gasteiger partial charge on any atom is 0.321 e. The molecular weight excluding hydrogens is 356 g/mol.